The second-order valence-corrected chi connectivity index (χ2v) is 8.35. The number of nitrogens with one attached hydrogen (secondary N) is 1. The average molecular weight is 444 g/mol. The maximum absolute atomic E-state index is 13.7. The van der Waals surface area contributed by atoms with Crippen LogP contribution in [-0.2, 0) is 19.8 Å². The van der Waals surface area contributed by atoms with E-state index in [9.17, 15) is 14.0 Å². The third kappa shape index (κ3) is 4.52. The van der Waals surface area contributed by atoms with Gasteiger partial charge in [-0.25, -0.2) is 14.2 Å². The number of methoxy groups -OCH3 is 1. The van der Waals surface area contributed by atoms with Gasteiger partial charge in [-0.05, 0) is 42.7 Å². The Morgan fingerprint density at radius 1 is 1.26 bits per heavy atom. The molecule has 1 saturated heterocycles. The highest BCUT2D eigenvalue weighted by atomic mass is 32.1. The molecule has 1 aliphatic heterocycles. The summed E-state index contributed by atoms with van der Waals surface area (Å²) in [7, 11) is 1.25. The number of benzene rings is 1. The molecule has 7 nitrogen and oxygen atoms in total. The van der Waals surface area contributed by atoms with Crippen LogP contribution >= 0.6 is 11.3 Å². The van der Waals surface area contributed by atoms with Gasteiger partial charge in [-0.1, -0.05) is 23.5 Å². The van der Waals surface area contributed by atoms with Gasteiger partial charge in [-0.3, -0.25) is 4.79 Å². The summed E-state index contributed by atoms with van der Waals surface area (Å²) in [6.07, 6.45) is 5.59. The van der Waals surface area contributed by atoms with Crippen LogP contribution in [-0.4, -0.2) is 41.8 Å². The number of aromatic nitrogens is 2. The van der Waals surface area contributed by atoms with Crippen molar-refractivity contribution in [2.75, 3.05) is 25.6 Å². The summed E-state index contributed by atoms with van der Waals surface area (Å²) in [6, 6.07) is 9.73. The predicted molar refractivity (Wildman–Crippen MR) is 115 cm³/mol. The average Bonchev–Trinajstić information content (AvgIpc) is 3.44. The van der Waals surface area contributed by atoms with E-state index in [1.165, 1.54) is 19.2 Å². The molecule has 3 heterocycles. The molecule has 0 unspecified atom stereocenters. The second kappa shape index (κ2) is 8.99. The van der Waals surface area contributed by atoms with Crippen molar-refractivity contribution < 1.29 is 23.5 Å². The number of hydrogen-bond donors (Lipinski definition) is 1. The molecule has 1 aromatic carbocycles. The number of amides is 1. The number of rotatable bonds is 6. The molecular formula is C22H22FN3O4S. The third-order valence-electron chi connectivity index (χ3n) is 5.40. The van der Waals surface area contributed by atoms with Gasteiger partial charge in [0.15, 0.2) is 10.8 Å². The zero-order valence-corrected chi connectivity index (χ0v) is 17.8. The van der Waals surface area contributed by atoms with E-state index in [0.29, 0.717) is 23.7 Å². The number of ether oxygens (including phenoxy) is 2. The van der Waals surface area contributed by atoms with Crippen molar-refractivity contribution >= 4 is 28.3 Å². The van der Waals surface area contributed by atoms with Crippen molar-refractivity contribution in [1.29, 1.82) is 0 Å². The minimum Gasteiger partial charge on any atom is -0.464 e. The molecule has 1 aliphatic rings. The van der Waals surface area contributed by atoms with Crippen LogP contribution in [0.1, 0.15) is 29.8 Å². The highest BCUT2D eigenvalue weighted by Gasteiger charge is 2.36. The third-order valence-corrected chi connectivity index (χ3v) is 6.42. The molecule has 2 aromatic heterocycles. The van der Waals surface area contributed by atoms with Crippen LogP contribution in [0.5, 0.6) is 0 Å². The molecule has 4 rings (SSSR count). The number of carbonyl (C=O) groups excluding carboxylic acids is 2. The fraction of sp³-hybridized carbons (Fsp3) is 0.318. The minimum absolute atomic E-state index is 0.0413. The first-order valence-electron chi connectivity index (χ1n) is 9.87. The van der Waals surface area contributed by atoms with E-state index in [-0.39, 0.29) is 28.7 Å². The molecule has 0 saturated carbocycles. The van der Waals surface area contributed by atoms with Crippen molar-refractivity contribution in [2.24, 2.45) is 0 Å². The van der Waals surface area contributed by atoms with Gasteiger partial charge in [0, 0.05) is 25.6 Å². The molecule has 1 amide bonds. The van der Waals surface area contributed by atoms with Gasteiger partial charge in [0.2, 0.25) is 5.91 Å². The Labute approximate surface area is 182 Å². The predicted octanol–water partition coefficient (Wildman–Crippen LogP) is 4.07. The lowest BCUT2D eigenvalue weighted by molar-refractivity contribution is -0.119. The van der Waals surface area contributed by atoms with Crippen molar-refractivity contribution in [3.8, 4) is 10.4 Å². The highest BCUT2D eigenvalue weighted by molar-refractivity contribution is 7.19. The van der Waals surface area contributed by atoms with Gasteiger partial charge in [0.25, 0.3) is 0 Å². The first kappa shape index (κ1) is 21.2. The van der Waals surface area contributed by atoms with Crippen LogP contribution in [0, 0.1) is 5.82 Å². The zero-order chi connectivity index (χ0) is 21.8. The van der Waals surface area contributed by atoms with Gasteiger partial charge in [0.1, 0.15) is 5.82 Å². The molecule has 0 spiro atoms. The van der Waals surface area contributed by atoms with Gasteiger partial charge < -0.3 is 19.4 Å². The van der Waals surface area contributed by atoms with Crippen molar-refractivity contribution in [2.45, 2.75) is 24.8 Å². The van der Waals surface area contributed by atoms with Crippen LogP contribution in [0.4, 0.5) is 9.52 Å². The van der Waals surface area contributed by atoms with Gasteiger partial charge in [-0.15, -0.1) is 0 Å². The first-order valence-corrected chi connectivity index (χ1v) is 10.7. The normalized spacial score (nSPS) is 15.4. The molecule has 9 heteroatoms. The molecule has 3 aromatic rings. The monoisotopic (exact) mass is 443 g/mol. The maximum Gasteiger partial charge on any atom is 0.358 e. The number of thiazole rings is 1. The molecule has 0 atom stereocenters. The van der Waals surface area contributed by atoms with Gasteiger partial charge in [0.05, 0.1) is 23.9 Å². The maximum atomic E-state index is 13.7. The second-order valence-electron chi connectivity index (χ2n) is 7.35. The van der Waals surface area contributed by atoms with Crippen LogP contribution in [0.25, 0.3) is 10.4 Å². The van der Waals surface area contributed by atoms with Crippen molar-refractivity contribution in [1.82, 2.24) is 9.55 Å². The first-order chi connectivity index (χ1) is 15.0. The van der Waals surface area contributed by atoms with E-state index in [0.717, 1.165) is 24.2 Å². The number of hydrogen-bond acceptors (Lipinski definition) is 6. The van der Waals surface area contributed by atoms with Gasteiger partial charge >= 0.3 is 5.97 Å². The number of nitrogens with zero attached hydrogens (tertiary/aromatic N) is 2. The van der Waals surface area contributed by atoms with Crippen LogP contribution in [0.15, 0.2) is 48.8 Å². The van der Waals surface area contributed by atoms with E-state index in [1.807, 2.05) is 24.5 Å². The SMILES string of the molecule is COC(=O)c1nc(NC(=O)CC2(n3cccc3)CCOCC2)sc1-c1cccc(F)c1. The number of esters is 1. The van der Waals surface area contributed by atoms with E-state index >= 15 is 0 Å². The highest BCUT2D eigenvalue weighted by Crippen LogP contribution is 2.36. The molecule has 0 radical (unpaired) electrons. The summed E-state index contributed by atoms with van der Waals surface area (Å²) in [5.74, 6) is -1.30. The largest absolute Gasteiger partial charge is 0.464 e. The van der Waals surface area contributed by atoms with Crippen LogP contribution in [0.2, 0.25) is 0 Å². The number of carbonyl (C=O) groups is 2. The Morgan fingerprint density at radius 2 is 2.00 bits per heavy atom. The van der Waals surface area contributed by atoms with Crippen LogP contribution < -0.4 is 5.32 Å². The topological polar surface area (TPSA) is 82.5 Å². The molecule has 0 aliphatic carbocycles. The summed E-state index contributed by atoms with van der Waals surface area (Å²) < 4.78 is 26.1. The summed E-state index contributed by atoms with van der Waals surface area (Å²) in [6.45, 7) is 1.16. The molecule has 0 bridgehead atoms. The standard InChI is InChI=1S/C22H22FN3O4S/c1-29-20(28)18-19(15-5-4-6-16(23)13-15)31-21(25-18)24-17(27)14-22(7-11-30-12-8-22)26-9-2-3-10-26/h2-6,9-10,13H,7-8,11-12,14H2,1H3,(H,24,25,27). The Morgan fingerprint density at radius 3 is 2.68 bits per heavy atom. The Balaban J connectivity index is 1.58. The zero-order valence-electron chi connectivity index (χ0n) is 17.0. The molecule has 31 heavy (non-hydrogen) atoms. The Kier molecular flexibility index (Phi) is 6.15. The van der Waals surface area contributed by atoms with Crippen molar-refractivity contribution in [3.63, 3.8) is 0 Å². The summed E-state index contributed by atoms with van der Waals surface area (Å²) in [4.78, 5) is 29.9. The lowest BCUT2D eigenvalue weighted by atomic mass is 9.86. The smallest absolute Gasteiger partial charge is 0.358 e. The summed E-state index contributed by atoms with van der Waals surface area (Å²) in [5.41, 5.74) is 0.158. The summed E-state index contributed by atoms with van der Waals surface area (Å²) in [5, 5.41) is 3.08. The fourth-order valence-electron chi connectivity index (χ4n) is 3.82. The van der Waals surface area contributed by atoms with E-state index in [2.05, 4.69) is 14.9 Å². The number of halogens is 1. The van der Waals surface area contributed by atoms with E-state index in [1.54, 1.807) is 12.1 Å². The summed E-state index contributed by atoms with van der Waals surface area (Å²) >= 11 is 1.11. The quantitative estimate of drug-likeness (QED) is 0.581. The lowest BCUT2D eigenvalue weighted by Crippen LogP contribution is -2.42. The Bertz CT molecular complexity index is 1070. The number of anilines is 1. The van der Waals surface area contributed by atoms with Crippen molar-refractivity contribution in [3.05, 3.63) is 60.3 Å². The molecule has 162 valence electrons. The Hall–Kier alpha value is -3.04. The fourth-order valence-corrected chi connectivity index (χ4v) is 4.79. The lowest BCUT2D eigenvalue weighted by Gasteiger charge is -2.38. The van der Waals surface area contributed by atoms with Crippen LogP contribution in [0.3, 0.4) is 0 Å². The van der Waals surface area contributed by atoms with E-state index < -0.39 is 11.8 Å². The molecular weight excluding hydrogens is 421 g/mol. The van der Waals surface area contributed by atoms with Gasteiger partial charge in [-0.2, -0.15) is 0 Å². The molecule has 1 N–H and O–H groups in total. The van der Waals surface area contributed by atoms with E-state index in [4.69, 9.17) is 9.47 Å². The minimum atomic E-state index is -0.649. The molecule has 1 fully saturated rings.